The molecule has 0 radical (unpaired) electrons. The zero-order chi connectivity index (χ0) is 25.1. The predicted molar refractivity (Wildman–Crippen MR) is 141 cm³/mol. The number of benzene rings is 4. The summed E-state index contributed by atoms with van der Waals surface area (Å²) in [6, 6.07) is 26.7. The minimum atomic E-state index is -1.18. The highest BCUT2D eigenvalue weighted by Gasteiger charge is 2.23. The van der Waals surface area contributed by atoms with Gasteiger partial charge in [0.25, 0.3) is 5.91 Å². The van der Waals surface area contributed by atoms with Crippen LogP contribution in [-0.2, 0) is 4.79 Å². The number of aliphatic carboxylic acids is 1. The van der Waals surface area contributed by atoms with E-state index < -0.39 is 17.9 Å². The van der Waals surface area contributed by atoms with E-state index in [1.165, 1.54) is 7.11 Å². The molecule has 1 heterocycles. The molecule has 178 valence electrons. The molecule has 0 fully saturated rings. The average molecular weight is 495 g/mol. The maximum absolute atomic E-state index is 13.0. The van der Waals surface area contributed by atoms with Crippen LogP contribution in [0.4, 0.5) is 0 Å². The van der Waals surface area contributed by atoms with Crippen molar-refractivity contribution in [3.63, 3.8) is 0 Å². The maximum Gasteiger partial charge on any atom is 0.330 e. The van der Waals surface area contributed by atoms with Gasteiger partial charge in [0.05, 0.1) is 12.8 Å². The molecule has 0 aliphatic rings. The maximum atomic E-state index is 13.0. The minimum absolute atomic E-state index is 0.378. The SMILES string of the molecule is COc1ccc(C(NC(=O)c2ccc3ccc(-c4nc(-c5ccccc5)cs4)cc3c2)C(=O)O)cc1. The molecule has 2 N–H and O–H groups in total. The van der Waals surface area contributed by atoms with Gasteiger partial charge >= 0.3 is 5.97 Å². The number of methoxy groups -OCH3 is 1. The first kappa shape index (κ1) is 23.3. The lowest BCUT2D eigenvalue weighted by Crippen LogP contribution is -2.33. The van der Waals surface area contributed by atoms with Gasteiger partial charge in [-0.2, -0.15) is 0 Å². The lowest BCUT2D eigenvalue weighted by molar-refractivity contribution is -0.139. The number of carboxylic acids is 1. The molecule has 1 aromatic heterocycles. The monoisotopic (exact) mass is 494 g/mol. The molecular formula is C29H22N2O4S. The van der Waals surface area contributed by atoms with Crippen molar-refractivity contribution in [2.45, 2.75) is 6.04 Å². The summed E-state index contributed by atoms with van der Waals surface area (Å²) >= 11 is 1.56. The molecule has 5 aromatic rings. The Hall–Kier alpha value is -4.49. The number of nitrogens with one attached hydrogen (secondary N) is 1. The lowest BCUT2D eigenvalue weighted by Gasteiger charge is -2.15. The molecule has 1 amide bonds. The van der Waals surface area contributed by atoms with Crippen molar-refractivity contribution in [3.8, 4) is 27.6 Å². The summed E-state index contributed by atoms with van der Waals surface area (Å²) in [5.74, 6) is -1.00. The van der Waals surface area contributed by atoms with E-state index in [1.807, 2.05) is 60.0 Å². The topological polar surface area (TPSA) is 88.5 Å². The number of thiazole rings is 1. The zero-order valence-electron chi connectivity index (χ0n) is 19.3. The number of aromatic nitrogens is 1. The molecule has 0 aliphatic heterocycles. The number of ether oxygens (including phenoxy) is 1. The summed E-state index contributed by atoms with van der Waals surface area (Å²) in [5.41, 5.74) is 3.77. The Bertz CT molecular complexity index is 1550. The highest BCUT2D eigenvalue weighted by Crippen LogP contribution is 2.31. The molecule has 4 aromatic carbocycles. The van der Waals surface area contributed by atoms with Gasteiger partial charge in [-0.05, 0) is 46.7 Å². The summed E-state index contributed by atoms with van der Waals surface area (Å²) in [6.07, 6.45) is 0. The summed E-state index contributed by atoms with van der Waals surface area (Å²) < 4.78 is 5.13. The molecule has 5 rings (SSSR count). The first-order chi connectivity index (χ1) is 17.5. The summed E-state index contributed by atoms with van der Waals surface area (Å²) in [4.78, 5) is 29.7. The van der Waals surface area contributed by atoms with Crippen LogP contribution in [0.1, 0.15) is 22.0 Å². The van der Waals surface area contributed by atoms with Crippen molar-refractivity contribution in [3.05, 3.63) is 108 Å². The van der Waals surface area contributed by atoms with Crippen LogP contribution in [0, 0.1) is 0 Å². The molecule has 0 saturated carbocycles. The Morgan fingerprint density at radius 3 is 2.36 bits per heavy atom. The van der Waals surface area contributed by atoms with Crippen LogP contribution in [0.2, 0.25) is 0 Å². The third kappa shape index (κ3) is 4.82. The van der Waals surface area contributed by atoms with Crippen LogP contribution in [0.25, 0.3) is 32.6 Å². The van der Waals surface area contributed by atoms with Crippen molar-refractivity contribution in [1.82, 2.24) is 10.3 Å². The molecule has 0 spiro atoms. The van der Waals surface area contributed by atoms with Gasteiger partial charge in [-0.3, -0.25) is 4.79 Å². The van der Waals surface area contributed by atoms with E-state index in [1.54, 1.807) is 47.7 Å². The molecule has 1 atom stereocenters. The molecule has 1 unspecified atom stereocenters. The van der Waals surface area contributed by atoms with Crippen molar-refractivity contribution in [2.75, 3.05) is 7.11 Å². The lowest BCUT2D eigenvalue weighted by atomic mass is 10.0. The van der Waals surface area contributed by atoms with E-state index in [0.717, 1.165) is 32.6 Å². The molecule has 7 heteroatoms. The zero-order valence-corrected chi connectivity index (χ0v) is 20.2. The second-order valence-corrected chi connectivity index (χ2v) is 9.06. The van der Waals surface area contributed by atoms with E-state index in [2.05, 4.69) is 5.32 Å². The molecule has 36 heavy (non-hydrogen) atoms. The first-order valence-electron chi connectivity index (χ1n) is 11.2. The van der Waals surface area contributed by atoms with Gasteiger partial charge in [0.1, 0.15) is 10.8 Å². The van der Waals surface area contributed by atoms with Crippen molar-refractivity contribution >= 4 is 34.0 Å². The summed E-state index contributed by atoms with van der Waals surface area (Å²) in [7, 11) is 1.54. The number of hydrogen-bond acceptors (Lipinski definition) is 5. The molecule has 0 aliphatic carbocycles. The summed E-state index contributed by atoms with van der Waals surface area (Å²) in [5, 5.41) is 17.1. The number of hydrogen-bond donors (Lipinski definition) is 2. The van der Waals surface area contributed by atoms with Gasteiger partial charge in [0.15, 0.2) is 6.04 Å². The third-order valence-corrected chi connectivity index (χ3v) is 6.79. The fraction of sp³-hybridized carbons (Fsp3) is 0.0690. The highest BCUT2D eigenvalue weighted by molar-refractivity contribution is 7.13. The van der Waals surface area contributed by atoms with Gasteiger partial charge in [-0.15, -0.1) is 11.3 Å². The molecular weight excluding hydrogens is 472 g/mol. The number of nitrogens with zero attached hydrogens (tertiary/aromatic N) is 1. The number of carbonyl (C=O) groups excluding carboxylic acids is 1. The number of carbonyl (C=O) groups is 2. The third-order valence-electron chi connectivity index (χ3n) is 5.89. The van der Waals surface area contributed by atoms with Gasteiger partial charge in [0.2, 0.25) is 0 Å². The largest absolute Gasteiger partial charge is 0.497 e. The number of carboxylic acid groups (broad SMARTS) is 1. The van der Waals surface area contributed by atoms with Gasteiger partial charge in [-0.25, -0.2) is 9.78 Å². The van der Waals surface area contributed by atoms with E-state index in [4.69, 9.17) is 9.72 Å². The van der Waals surface area contributed by atoms with Gasteiger partial charge in [-0.1, -0.05) is 60.7 Å². The van der Waals surface area contributed by atoms with Crippen LogP contribution < -0.4 is 10.1 Å². The standard InChI is InChI=1S/C29H22N2O4S/c1-35-24-13-11-20(12-14-24)26(29(33)34)31-27(32)21-9-7-18-8-10-22(16-23(18)15-21)28-30-25(17-36-28)19-5-3-2-4-6-19/h2-17,26H,1H3,(H,31,32)(H,33,34). The quantitative estimate of drug-likeness (QED) is 0.281. The predicted octanol–water partition coefficient (Wildman–Crippen LogP) is 6.19. The van der Waals surface area contributed by atoms with E-state index in [0.29, 0.717) is 16.9 Å². The Labute approximate surface area is 211 Å². The van der Waals surface area contributed by atoms with Crippen LogP contribution in [0.5, 0.6) is 5.75 Å². The molecule has 0 saturated heterocycles. The van der Waals surface area contributed by atoms with E-state index in [-0.39, 0.29) is 0 Å². The molecule has 6 nitrogen and oxygen atoms in total. The fourth-order valence-electron chi connectivity index (χ4n) is 3.97. The van der Waals surface area contributed by atoms with Crippen LogP contribution in [0.15, 0.2) is 96.4 Å². The average Bonchev–Trinajstić information content (AvgIpc) is 3.42. The van der Waals surface area contributed by atoms with E-state index >= 15 is 0 Å². The number of rotatable bonds is 7. The number of fused-ring (bicyclic) bond motifs is 1. The van der Waals surface area contributed by atoms with Crippen LogP contribution >= 0.6 is 11.3 Å². The second-order valence-electron chi connectivity index (χ2n) is 8.20. The fourth-order valence-corrected chi connectivity index (χ4v) is 4.79. The smallest absolute Gasteiger partial charge is 0.330 e. The van der Waals surface area contributed by atoms with Crippen molar-refractivity contribution < 1.29 is 19.4 Å². The van der Waals surface area contributed by atoms with Crippen LogP contribution in [0.3, 0.4) is 0 Å². The Morgan fingerprint density at radius 1 is 0.889 bits per heavy atom. The first-order valence-corrected chi connectivity index (χ1v) is 12.1. The molecule has 0 bridgehead atoms. The Kier molecular flexibility index (Phi) is 6.47. The number of amides is 1. The van der Waals surface area contributed by atoms with Crippen molar-refractivity contribution in [2.24, 2.45) is 0 Å². The van der Waals surface area contributed by atoms with Gasteiger partial charge in [0, 0.05) is 22.1 Å². The highest BCUT2D eigenvalue weighted by atomic mass is 32.1. The summed E-state index contributed by atoms with van der Waals surface area (Å²) in [6.45, 7) is 0. The Balaban J connectivity index is 1.40. The van der Waals surface area contributed by atoms with Crippen LogP contribution in [-0.4, -0.2) is 29.1 Å². The Morgan fingerprint density at radius 2 is 1.64 bits per heavy atom. The second kappa shape index (κ2) is 10.0. The van der Waals surface area contributed by atoms with E-state index in [9.17, 15) is 14.7 Å². The normalized spacial score (nSPS) is 11.7. The van der Waals surface area contributed by atoms with Gasteiger partial charge < -0.3 is 15.2 Å². The van der Waals surface area contributed by atoms with Crippen molar-refractivity contribution in [1.29, 1.82) is 0 Å². The minimum Gasteiger partial charge on any atom is -0.497 e.